The zero-order valence-corrected chi connectivity index (χ0v) is 10.9. The summed E-state index contributed by atoms with van der Waals surface area (Å²) in [7, 11) is 0. The van der Waals surface area contributed by atoms with Crippen molar-refractivity contribution in [2.75, 3.05) is 12.0 Å². The Kier molecular flexibility index (Phi) is 3.38. The first-order chi connectivity index (χ1) is 9.28. The predicted molar refractivity (Wildman–Crippen MR) is 73.3 cm³/mol. The van der Waals surface area contributed by atoms with Crippen LogP contribution in [0.2, 0.25) is 0 Å². The highest BCUT2D eigenvalue weighted by Gasteiger charge is 2.39. The van der Waals surface area contributed by atoms with Crippen LogP contribution in [0.25, 0.3) is 0 Å². The first kappa shape index (κ1) is 12.4. The van der Waals surface area contributed by atoms with Gasteiger partial charge in [-0.1, -0.05) is 6.42 Å². The normalized spacial score (nSPS) is 28.4. The van der Waals surface area contributed by atoms with Crippen LogP contribution in [-0.2, 0) is 0 Å². The van der Waals surface area contributed by atoms with E-state index in [9.17, 15) is 4.79 Å². The van der Waals surface area contributed by atoms with E-state index in [0.717, 1.165) is 18.4 Å². The number of nitrogens with one attached hydrogen (secondary N) is 2. The van der Waals surface area contributed by atoms with E-state index in [2.05, 4.69) is 15.7 Å². The van der Waals surface area contributed by atoms with Crippen molar-refractivity contribution in [2.45, 2.75) is 25.7 Å². The van der Waals surface area contributed by atoms with Gasteiger partial charge in [-0.05, 0) is 49.1 Å². The number of nitrogens with two attached hydrogens (primary N) is 1. The van der Waals surface area contributed by atoms with Crippen molar-refractivity contribution in [1.29, 1.82) is 0 Å². The fraction of sp³-hybridized carbons (Fsp3) is 0.571. The number of aromatic nitrogens is 1. The summed E-state index contributed by atoms with van der Waals surface area (Å²) in [4.78, 5) is 16.2. The van der Waals surface area contributed by atoms with Crippen LogP contribution in [-0.4, -0.2) is 17.4 Å². The Balaban J connectivity index is 1.59. The lowest BCUT2D eigenvalue weighted by atomic mass is 9.89. The Morgan fingerprint density at radius 3 is 3.00 bits per heavy atom. The minimum Gasteiger partial charge on any atom is -0.352 e. The maximum atomic E-state index is 12.1. The van der Waals surface area contributed by atoms with Crippen molar-refractivity contribution in [3.05, 3.63) is 23.9 Å². The van der Waals surface area contributed by atoms with Crippen LogP contribution in [0.4, 0.5) is 5.82 Å². The van der Waals surface area contributed by atoms with E-state index in [0.29, 0.717) is 17.3 Å². The van der Waals surface area contributed by atoms with Crippen LogP contribution in [0.1, 0.15) is 36.0 Å². The lowest BCUT2D eigenvalue weighted by molar-refractivity contribution is 0.0942. The molecular weight excluding hydrogens is 240 g/mol. The number of hydrogen-bond acceptors (Lipinski definition) is 4. The molecule has 5 nitrogen and oxygen atoms in total. The van der Waals surface area contributed by atoms with Crippen LogP contribution in [0.3, 0.4) is 0 Å². The number of fused-ring (bicyclic) bond motifs is 2. The molecule has 3 atom stereocenters. The summed E-state index contributed by atoms with van der Waals surface area (Å²) in [5.41, 5.74) is 2.97. The first-order valence-corrected chi connectivity index (χ1v) is 6.97. The van der Waals surface area contributed by atoms with E-state index in [4.69, 9.17) is 5.84 Å². The average Bonchev–Trinajstić information content (AvgIpc) is 3.07. The van der Waals surface area contributed by atoms with Gasteiger partial charge in [0.25, 0.3) is 5.91 Å². The van der Waals surface area contributed by atoms with E-state index in [1.807, 2.05) is 0 Å². The summed E-state index contributed by atoms with van der Waals surface area (Å²) in [6.45, 7) is 0.777. The lowest BCUT2D eigenvalue weighted by Crippen LogP contribution is -2.32. The van der Waals surface area contributed by atoms with Gasteiger partial charge in [0.1, 0.15) is 0 Å². The zero-order valence-electron chi connectivity index (χ0n) is 10.9. The quantitative estimate of drug-likeness (QED) is 0.566. The number of hydrogen-bond donors (Lipinski definition) is 3. The monoisotopic (exact) mass is 260 g/mol. The Morgan fingerprint density at radius 2 is 2.32 bits per heavy atom. The maximum absolute atomic E-state index is 12.1. The van der Waals surface area contributed by atoms with Gasteiger partial charge in [-0.3, -0.25) is 4.79 Å². The molecule has 0 saturated heterocycles. The van der Waals surface area contributed by atoms with Gasteiger partial charge in [0, 0.05) is 12.7 Å². The second-order valence-electron chi connectivity index (χ2n) is 5.69. The first-order valence-electron chi connectivity index (χ1n) is 6.97. The van der Waals surface area contributed by atoms with Crippen LogP contribution in [0, 0.1) is 17.8 Å². The highest BCUT2D eigenvalue weighted by Crippen LogP contribution is 2.47. The molecule has 2 bridgehead atoms. The average molecular weight is 260 g/mol. The van der Waals surface area contributed by atoms with Gasteiger partial charge in [-0.2, -0.15) is 0 Å². The van der Waals surface area contributed by atoms with E-state index in [-0.39, 0.29) is 5.91 Å². The van der Waals surface area contributed by atoms with Gasteiger partial charge in [-0.15, -0.1) is 0 Å². The van der Waals surface area contributed by atoms with Gasteiger partial charge in [0.2, 0.25) is 0 Å². The molecule has 1 heterocycles. The molecule has 2 aliphatic carbocycles. The second-order valence-corrected chi connectivity index (χ2v) is 5.69. The number of pyridine rings is 1. The van der Waals surface area contributed by atoms with Crippen molar-refractivity contribution in [2.24, 2.45) is 23.6 Å². The lowest BCUT2D eigenvalue weighted by Gasteiger charge is -2.22. The SMILES string of the molecule is NNc1ncccc1C(=O)NCC1CC2CCC1C2. The standard InChI is InChI=1S/C14H20N4O/c15-18-13-12(2-1-5-16-13)14(19)17-8-11-7-9-3-4-10(11)6-9/h1-2,5,9-11H,3-4,6-8,15H2,(H,16,18)(H,17,19). The van der Waals surface area contributed by atoms with Crippen molar-refractivity contribution < 1.29 is 4.79 Å². The molecule has 3 unspecified atom stereocenters. The van der Waals surface area contributed by atoms with Gasteiger partial charge in [0.05, 0.1) is 5.56 Å². The molecule has 0 spiro atoms. The predicted octanol–water partition coefficient (Wildman–Crippen LogP) is 1.53. The van der Waals surface area contributed by atoms with Gasteiger partial charge in [0.15, 0.2) is 5.82 Å². The fourth-order valence-corrected chi connectivity index (χ4v) is 3.65. The van der Waals surface area contributed by atoms with Crippen molar-refractivity contribution in [3.8, 4) is 0 Å². The van der Waals surface area contributed by atoms with Crippen molar-refractivity contribution in [3.63, 3.8) is 0 Å². The smallest absolute Gasteiger partial charge is 0.255 e. The van der Waals surface area contributed by atoms with Gasteiger partial charge >= 0.3 is 0 Å². The van der Waals surface area contributed by atoms with E-state index < -0.39 is 0 Å². The summed E-state index contributed by atoms with van der Waals surface area (Å²) in [6.07, 6.45) is 6.98. The Hall–Kier alpha value is -1.62. The number of hydrazine groups is 1. The molecule has 0 aliphatic heterocycles. The molecule has 3 rings (SSSR count). The summed E-state index contributed by atoms with van der Waals surface area (Å²) >= 11 is 0. The van der Waals surface area contributed by atoms with Gasteiger partial charge in [-0.25, -0.2) is 10.8 Å². The van der Waals surface area contributed by atoms with Crippen LogP contribution >= 0.6 is 0 Å². The third-order valence-electron chi connectivity index (χ3n) is 4.60. The van der Waals surface area contributed by atoms with Gasteiger partial charge < -0.3 is 10.7 Å². The minimum atomic E-state index is -0.0937. The minimum absolute atomic E-state index is 0.0937. The van der Waals surface area contributed by atoms with Crippen LogP contribution < -0.4 is 16.6 Å². The summed E-state index contributed by atoms with van der Waals surface area (Å²) in [5, 5.41) is 3.03. The largest absolute Gasteiger partial charge is 0.352 e. The molecule has 5 heteroatoms. The van der Waals surface area contributed by atoms with Crippen LogP contribution in [0.15, 0.2) is 18.3 Å². The highest BCUT2D eigenvalue weighted by atomic mass is 16.1. The molecule has 0 radical (unpaired) electrons. The molecule has 1 aromatic rings. The molecule has 102 valence electrons. The van der Waals surface area contributed by atoms with E-state index in [1.54, 1.807) is 18.3 Å². The maximum Gasteiger partial charge on any atom is 0.255 e. The summed E-state index contributed by atoms with van der Waals surface area (Å²) in [6, 6.07) is 3.48. The molecule has 4 N–H and O–H groups in total. The zero-order chi connectivity index (χ0) is 13.2. The number of carbonyl (C=O) groups excluding carboxylic acids is 1. The molecule has 0 aromatic carbocycles. The Bertz CT molecular complexity index is 476. The molecule has 1 aromatic heterocycles. The Labute approximate surface area is 112 Å². The number of rotatable bonds is 4. The number of anilines is 1. The van der Waals surface area contributed by atoms with Crippen molar-refractivity contribution in [1.82, 2.24) is 10.3 Å². The fourth-order valence-electron chi connectivity index (χ4n) is 3.65. The third-order valence-corrected chi connectivity index (χ3v) is 4.60. The highest BCUT2D eigenvalue weighted by molar-refractivity contribution is 5.98. The molecule has 19 heavy (non-hydrogen) atoms. The number of nitrogens with zero attached hydrogens (tertiary/aromatic N) is 1. The topological polar surface area (TPSA) is 80.0 Å². The second kappa shape index (κ2) is 5.17. The Morgan fingerprint density at radius 1 is 1.42 bits per heavy atom. The van der Waals surface area contributed by atoms with Crippen LogP contribution in [0.5, 0.6) is 0 Å². The molecule has 1 amide bonds. The molecule has 2 aliphatic rings. The summed E-state index contributed by atoms with van der Waals surface area (Å²) in [5.74, 6) is 8.09. The number of carbonyl (C=O) groups is 1. The molecule has 2 fully saturated rings. The number of nitrogen functional groups attached to an aromatic ring is 1. The molecule has 2 saturated carbocycles. The van der Waals surface area contributed by atoms with E-state index >= 15 is 0 Å². The third kappa shape index (κ3) is 2.42. The summed E-state index contributed by atoms with van der Waals surface area (Å²) < 4.78 is 0. The van der Waals surface area contributed by atoms with E-state index in [1.165, 1.54) is 25.7 Å². The van der Waals surface area contributed by atoms with Crippen molar-refractivity contribution >= 4 is 11.7 Å². The number of amides is 1. The molecular formula is C14H20N4O.